The van der Waals surface area contributed by atoms with E-state index < -0.39 is 0 Å². The molecule has 1 rings (SSSR count). The third kappa shape index (κ3) is 4.52. The fourth-order valence-corrected chi connectivity index (χ4v) is 1.75. The van der Waals surface area contributed by atoms with Gasteiger partial charge in [0.1, 0.15) is 5.82 Å². The standard InChI is InChI=1S/C13H22ClN3/c1-5-6-17(4)13-7-11(8-15-10(2)3)12(14)9-16-13/h7,9-10,15H,5-6,8H2,1-4H3. The molecule has 4 heteroatoms. The summed E-state index contributed by atoms with van der Waals surface area (Å²) < 4.78 is 0. The van der Waals surface area contributed by atoms with Gasteiger partial charge in [0.25, 0.3) is 0 Å². The smallest absolute Gasteiger partial charge is 0.128 e. The highest BCUT2D eigenvalue weighted by Crippen LogP contribution is 2.20. The van der Waals surface area contributed by atoms with E-state index in [1.807, 2.05) is 0 Å². The Kier molecular flexibility index (Phi) is 5.72. The van der Waals surface area contributed by atoms with Gasteiger partial charge in [0, 0.05) is 32.4 Å². The van der Waals surface area contributed by atoms with Crippen molar-refractivity contribution in [1.82, 2.24) is 10.3 Å². The second kappa shape index (κ2) is 6.82. The summed E-state index contributed by atoms with van der Waals surface area (Å²) in [6, 6.07) is 2.52. The summed E-state index contributed by atoms with van der Waals surface area (Å²) in [5.41, 5.74) is 1.10. The van der Waals surface area contributed by atoms with E-state index in [-0.39, 0.29) is 0 Å². The molecule has 17 heavy (non-hydrogen) atoms. The van der Waals surface area contributed by atoms with Crippen molar-refractivity contribution in [3.63, 3.8) is 0 Å². The molecule has 0 unspecified atom stereocenters. The van der Waals surface area contributed by atoms with Gasteiger partial charge in [-0.05, 0) is 18.1 Å². The highest BCUT2D eigenvalue weighted by Gasteiger charge is 2.07. The number of anilines is 1. The van der Waals surface area contributed by atoms with Gasteiger partial charge in [-0.3, -0.25) is 0 Å². The molecule has 0 bridgehead atoms. The van der Waals surface area contributed by atoms with Crippen LogP contribution in [0.15, 0.2) is 12.3 Å². The molecule has 0 spiro atoms. The normalized spacial score (nSPS) is 10.9. The van der Waals surface area contributed by atoms with E-state index in [2.05, 4.69) is 49.1 Å². The Balaban J connectivity index is 2.78. The highest BCUT2D eigenvalue weighted by molar-refractivity contribution is 6.31. The van der Waals surface area contributed by atoms with Crippen LogP contribution in [0.3, 0.4) is 0 Å². The number of nitrogens with one attached hydrogen (secondary N) is 1. The number of halogens is 1. The first kappa shape index (κ1) is 14.3. The topological polar surface area (TPSA) is 28.2 Å². The zero-order valence-electron chi connectivity index (χ0n) is 11.1. The van der Waals surface area contributed by atoms with E-state index in [4.69, 9.17) is 11.6 Å². The van der Waals surface area contributed by atoms with E-state index in [0.717, 1.165) is 35.9 Å². The summed E-state index contributed by atoms with van der Waals surface area (Å²) in [4.78, 5) is 6.50. The van der Waals surface area contributed by atoms with Gasteiger partial charge in [-0.25, -0.2) is 4.98 Å². The molecule has 0 atom stereocenters. The summed E-state index contributed by atoms with van der Waals surface area (Å²) in [6.45, 7) is 8.20. The quantitative estimate of drug-likeness (QED) is 0.847. The van der Waals surface area contributed by atoms with Crippen LogP contribution in [0.4, 0.5) is 5.82 Å². The minimum atomic E-state index is 0.455. The minimum absolute atomic E-state index is 0.455. The largest absolute Gasteiger partial charge is 0.360 e. The number of hydrogen-bond donors (Lipinski definition) is 1. The molecular formula is C13H22ClN3. The molecule has 0 aliphatic carbocycles. The molecule has 0 radical (unpaired) electrons. The van der Waals surface area contributed by atoms with E-state index in [1.54, 1.807) is 6.20 Å². The number of aromatic nitrogens is 1. The van der Waals surface area contributed by atoms with Crippen LogP contribution in [0.25, 0.3) is 0 Å². The van der Waals surface area contributed by atoms with Gasteiger partial charge in [0.05, 0.1) is 5.02 Å². The summed E-state index contributed by atoms with van der Waals surface area (Å²) in [6.07, 6.45) is 2.85. The van der Waals surface area contributed by atoms with Gasteiger partial charge in [-0.1, -0.05) is 32.4 Å². The van der Waals surface area contributed by atoms with Crippen molar-refractivity contribution >= 4 is 17.4 Å². The van der Waals surface area contributed by atoms with Crippen LogP contribution < -0.4 is 10.2 Å². The fourth-order valence-electron chi connectivity index (χ4n) is 1.58. The van der Waals surface area contributed by atoms with Crippen molar-refractivity contribution in [2.45, 2.75) is 39.8 Å². The highest BCUT2D eigenvalue weighted by atomic mass is 35.5. The predicted molar refractivity (Wildman–Crippen MR) is 74.8 cm³/mol. The van der Waals surface area contributed by atoms with E-state index >= 15 is 0 Å². The number of hydrogen-bond acceptors (Lipinski definition) is 3. The summed E-state index contributed by atoms with van der Waals surface area (Å²) in [5, 5.41) is 4.10. The zero-order valence-corrected chi connectivity index (χ0v) is 11.9. The van der Waals surface area contributed by atoms with E-state index in [9.17, 15) is 0 Å². The zero-order chi connectivity index (χ0) is 12.8. The van der Waals surface area contributed by atoms with Crippen molar-refractivity contribution in [2.24, 2.45) is 0 Å². The van der Waals surface area contributed by atoms with Crippen LogP contribution in [0, 0.1) is 0 Å². The van der Waals surface area contributed by atoms with Crippen LogP contribution in [-0.4, -0.2) is 24.6 Å². The van der Waals surface area contributed by atoms with Crippen LogP contribution in [0.2, 0.25) is 5.02 Å². The van der Waals surface area contributed by atoms with Gasteiger partial charge >= 0.3 is 0 Å². The molecule has 1 N–H and O–H groups in total. The van der Waals surface area contributed by atoms with Crippen molar-refractivity contribution in [2.75, 3.05) is 18.5 Å². The lowest BCUT2D eigenvalue weighted by molar-refractivity contribution is 0.588. The Morgan fingerprint density at radius 1 is 1.47 bits per heavy atom. The minimum Gasteiger partial charge on any atom is -0.360 e. The molecule has 0 aromatic carbocycles. The lowest BCUT2D eigenvalue weighted by atomic mass is 10.2. The fraction of sp³-hybridized carbons (Fsp3) is 0.615. The maximum absolute atomic E-state index is 6.14. The van der Waals surface area contributed by atoms with Gasteiger partial charge in [0.15, 0.2) is 0 Å². The maximum Gasteiger partial charge on any atom is 0.128 e. The Hall–Kier alpha value is -0.800. The molecule has 0 aliphatic heterocycles. The number of rotatable bonds is 6. The second-order valence-electron chi connectivity index (χ2n) is 4.59. The molecule has 0 saturated heterocycles. The molecule has 0 saturated carbocycles. The first-order chi connectivity index (χ1) is 8.04. The first-order valence-electron chi connectivity index (χ1n) is 6.13. The monoisotopic (exact) mass is 255 g/mol. The number of nitrogens with zero attached hydrogens (tertiary/aromatic N) is 2. The molecule has 0 aliphatic rings. The Bertz CT molecular complexity index is 353. The van der Waals surface area contributed by atoms with Crippen LogP contribution in [-0.2, 0) is 6.54 Å². The molecule has 3 nitrogen and oxygen atoms in total. The Morgan fingerprint density at radius 2 is 2.18 bits per heavy atom. The predicted octanol–water partition coefficient (Wildman–Crippen LogP) is 3.08. The molecule has 1 heterocycles. The molecule has 0 amide bonds. The molecule has 1 aromatic rings. The molecular weight excluding hydrogens is 234 g/mol. The first-order valence-corrected chi connectivity index (χ1v) is 6.51. The van der Waals surface area contributed by atoms with Crippen LogP contribution >= 0.6 is 11.6 Å². The average Bonchev–Trinajstić information content (AvgIpc) is 2.28. The SMILES string of the molecule is CCCN(C)c1cc(CNC(C)C)c(Cl)cn1. The summed E-state index contributed by atoms with van der Waals surface area (Å²) in [5.74, 6) is 0.983. The lowest BCUT2D eigenvalue weighted by Gasteiger charge is -2.18. The van der Waals surface area contributed by atoms with Gasteiger partial charge in [-0.2, -0.15) is 0 Å². The van der Waals surface area contributed by atoms with Crippen LogP contribution in [0.1, 0.15) is 32.8 Å². The third-order valence-corrected chi connectivity index (χ3v) is 2.91. The van der Waals surface area contributed by atoms with Crippen molar-refractivity contribution in [3.8, 4) is 0 Å². The molecule has 96 valence electrons. The number of pyridine rings is 1. The van der Waals surface area contributed by atoms with Crippen molar-refractivity contribution in [1.29, 1.82) is 0 Å². The Morgan fingerprint density at radius 3 is 2.76 bits per heavy atom. The lowest BCUT2D eigenvalue weighted by Crippen LogP contribution is -2.23. The average molecular weight is 256 g/mol. The van der Waals surface area contributed by atoms with E-state index in [1.165, 1.54) is 0 Å². The van der Waals surface area contributed by atoms with Crippen LogP contribution in [0.5, 0.6) is 0 Å². The summed E-state index contributed by atoms with van der Waals surface area (Å²) in [7, 11) is 2.05. The maximum atomic E-state index is 6.14. The Labute approximate surface area is 109 Å². The summed E-state index contributed by atoms with van der Waals surface area (Å²) >= 11 is 6.14. The van der Waals surface area contributed by atoms with Gasteiger partial charge < -0.3 is 10.2 Å². The molecule has 0 fully saturated rings. The van der Waals surface area contributed by atoms with Crippen molar-refractivity contribution < 1.29 is 0 Å². The van der Waals surface area contributed by atoms with Gasteiger partial charge in [0.2, 0.25) is 0 Å². The van der Waals surface area contributed by atoms with E-state index in [0.29, 0.717) is 6.04 Å². The van der Waals surface area contributed by atoms with Crippen molar-refractivity contribution in [3.05, 3.63) is 22.8 Å². The third-order valence-electron chi connectivity index (χ3n) is 2.57. The molecule has 1 aromatic heterocycles. The van der Waals surface area contributed by atoms with Gasteiger partial charge in [-0.15, -0.1) is 0 Å². The second-order valence-corrected chi connectivity index (χ2v) is 5.00.